The largest absolute Gasteiger partial charge is 0.426 e. The molecule has 4 nitrogen and oxygen atoms in total. The first-order valence-electron chi connectivity index (χ1n) is 12.3. The first-order chi connectivity index (χ1) is 17.6. The molecule has 0 unspecified atom stereocenters. The summed E-state index contributed by atoms with van der Waals surface area (Å²) >= 11 is 0. The normalized spacial score (nSPS) is 10.8. The van der Waals surface area contributed by atoms with Crippen molar-refractivity contribution in [2.75, 3.05) is 0 Å². The van der Waals surface area contributed by atoms with Gasteiger partial charge in [-0.3, -0.25) is 9.59 Å². The van der Waals surface area contributed by atoms with Gasteiger partial charge in [-0.1, -0.05) is 72.8 Å². The molecule has 0 aliphatic rings. The molecule has 4 aromatic carbocycles. The SMILES string of the molecule is C=CCCCC(=O)Oc1ccc2ccccc2c1-c1c(OC(=O)CCCC=C)ccc2ccccc12. The number of carbonyl (C=O) groups excluding carboxylic acids is 2. The average molecular weight is 479 g/mol. The molecule has 36 heavy (non-hydrogen) atoms. The van der Waals surface area contributed by atoms with E-state index in [0.717, 1.165) is 45.5 Å². The molecular weight excluding hydrogens is 448 g/mol. The summed E-state index contributed by atoms with van der Waals surface area (Å²) in [5, 5.41) is 3.81. The van der Waals surface area contributed by atoms with Crippen molar-refractivity contribution < 1.29 is 19.1 Å². The van der Waals surface area contributed by atoms with E-state index in [-0.39, 0.29) is 11.9 Å². The number of benzene rings is 4. The minimum absolute atomic E-state index is 0.291. The van der Waals surface area contributed by atoms with Gasteiger partial charge in [0.2, 0.25) is 0 Å². The Hall–Kier alpha value is -4.18. The molecule has 0 saturated heterocycles. The summed E-state index contributed by atoms with van der Waals surface area (Å²) in [6, 6.07) is 23.4. The van der Waals surface area contributed by atoms with Crippen LogP contribution in [-0.4, -0.2) is 11.9 Å². The fraction of sp³-hybridized carbons (Fsp3) is 0.188. The second-order valence-electron chi connectivity index (χ2n) is 8.63. The maximum Gasteiger partial charge on any atom is 0.311 e. The quantitative estimate of drug-likeness (QED) is 0.0944. The monoisotopic (exact) mass is 478 g/mol. The molecule has 0 bridgehead atoms. The van der Waals surface area contributed by atoms with Gasteiger partial charge in [-0.15, -0.1) is 13.2 Å². The van der Waals surface area contributed by atoms with E-state index >= 15 is 0 Å². The topological polar surface area (TPSA) is 52.6 Å². The predicted molar refractivity (Wildman–Crippen MR) is 146 cm³/mol. The molecule has 0 saturated carbocycles. The Kier molecular flexibility index (Phi) is 8.30. The molecule has 0 amide bonds. The number of allylic oxidation sites excluding steroid dienone is 2. The highest BCUT2D eigenvalue weighted by Crippen LogP contribution is 2.45. The zero-order valence-corrected chi connectivity index (χ0v) is 20.4. The maximum absolute atomic E-state index is 12.7. The first-order valence-corrected chi connectivity index (χ1v) is 12.3. The van der Waals surface area contributed by atoms with E-state index in [0.29, 0.717) is 37.2 Å². The molecule has 0 aliphatic heterocycles. The van der Waals surface area contributed by atoms with Crippen molar-refractivity contribution in [3.63, 3.8) is 0 Å². The lowest BCUT2D eigenvalue weighted by atomic mass is 9.92. The number of esters is 2. The molecule has 0 fully saturated rings. The van der Waals surface area contributed by atoms with Crippen molar-refractivity contribution in [1.82, 2.24) is 0 Å². The Bertz CT molecular complexity index is 1310. The Morgan fingerprint density at radius 1 is 0.611 bits per heavy atom. The van der Waals surface area contributed by atoms with Crippen molar-refractivity contribution in [1.29, 1.82) is 0 Å². The van der Waals surface area contributed by atoms with Gasteiger partial charge in [0.05, 0.1) is 0 Å². The highest BCUT2D eigenvalue weighted by molar-refractivity contribution is 6.10. The molecule has 0 spiro atoms. The molecular formula is C32H30O4. The Labute approximate surface area is 211 Å². The Balaban J connectivity index is 1.88. The molecule has 4 heteroatoms. The maximum atomic E-state index is 12.7. The van der Waals surface area contributed by atoms with Gasteiger partial charge in [-0.2, -0.15) is 0 Å². The van der Waals surface area contributed by atoms with Gasteiger partial charge in [0.25, 0.3) is 0 Å². The summed E-state index contributed by atoms with van der Waals surface area (Å²) in [4.78, 5) is 25.5. The van der Waals surface area contributed by atoms with Gasteiger partial charge in [-0.05, 0) is 59.4 Å². The Morgan fingerprint density at radius 3 is 1.44 bits per heavy atom. The van der Waals surface area contributed by atoms with Crippen LogP contribution in [0.3, 0.4) is 0 Å². The molecule has 4 aromatic rings. The van der Waals surface area contributed by atoms with Gasteiger partial charge < -0.3 is 9.47 Å². The van der Waals surface area contributed by atoms with E-state index in [2.05, 4.69) is 13.2 Å². The van der Waals surface area contributed by atoms with Crippen LogP contribution in [-0.2, 0) is 9.59 Å². The molecule has 0 radical (unpaired) electrons. The summed E-state index contributed by atoms with van der Waals surface area (Å²) in [6.07, 6.45) is 7.00. The molecule has 0 aromatic heterocycles. The van der Waals surface area contributed by atoms with Crippen LogP contribution < -0.4 is 9.47 Å². The third-order valence-electron chi connectivity index (χ3n) is 6.06. The van der Waals surface area contributed by atoms with E-state index in [1.807, 2.05) is 72.8 Å². The molecule has 4 rings (SSSR count). The fourth-order valence-electron chi connectivity index (χ4n) is 4.32. The summed E-state index contributed by atoms with van der Waals surface area (Å²) in [7, 11) is 0. The van der Waals surface area contributed by atoms with Crippen LogP contribution in [0.1, 0.15) is 38.5 Å². The summed E-state index contributed by atoms with van der Waals surface area (Å²) in [5.41, 5.74) is 1.46. The minimum atomic E-state index is -0.309. The number of hydrogen-bond acceptors (Lipinski definition) is 4. The lowest BCUT2D eigenvalue weighted by molar-refractivity contribution is -0.135. The lowest BCUT2D eigenvalue weighted by Crippen LogP contribution is -2.10. The van der Waals surface area contributed by atoms with Gasteiger partial charge in [0.1, 0.15) is 11.5 Å². The average Bonchev–Trinajstić information content (AvgIpc) is 2.89. The molecule has 0 atom stereocenters. The van der Waals surface area contributed by atoms with Crippen LogP contribution >= 0.6 is 0 Å². The molecule has 0 aliphatic carbocycles. The standard InChI is InChI=1S/C32H30O4/c1-3-5-7-17-29(33)35-27-21-19-23-13-9-11-15-25(23)31(27)32-26-16-12-10-14-24(26)20-22-28(32)36-30(34)18-8-6-4-2/h3-4,9-16,19-22H,1-2,5-8,17-18H2. The lowest BCUT2D eigenvalue weighted by Gasteiger charge is -2.18. The first kappa shape index (κ1) is 24.9. The molecule has 0 N–H and O–H groups in total. The van der Waals surface area contributed by atoms with Gasteiger partial charge in [0.15, 0.2) is 0 Å². The highest BCUT2D eigenvalue weighted by atomic mass is 16.5. The third-order valence-corrected chi connectivity index (χ3v) is 6.06. The van der Waals surface area contributed by atoms with Crippen molar-refractivity contribution >= 4 is 33.5 Å². The van der Waals surface area contributed by atoms with Crippen LogP contribution in [0.4, 0.5) is 0 Å². The van der Waals surface area contributed by atoms with Crippen LogP contribution in [0.15, 0.2) is 98.1 Å². The number of fused-ring (bicyclic) bond motifs is 2. The van der Waals surface area contributed by atoms with Crippen molar-refractivity contribution in [3.05, 3.63) is 98.1 Å². The molecule has 182 valence electrons. The second kappa shape index (κ2) is 12.0. The van der Waals surface area contributed by atoms with Gasteiger partial charge in [-0.25, -0.2) is 0 Å². The number of rotatable bonds is 11. The van der Waals surface area contributed by atoms with Crippen LogP contribution in [0.5, 0.6) is 11.5 Å². The van der Waals surface area contributed by atoms with Gasteiger partial charge >= 0.3 is 11.9 Å². The summed E-state index contributed by atoms with van der Waals surface area (Å²) < 4.78 is 11.8. The Morgan fingerprint density at radius 2 is 1.03 bits per heavy atom. The smallest absolute Gasteiger partial charge is 0.311 e. The van der Waals surface area contributed by atoms with Crippen molar-refractivity contribution in [2.24, 2.45) is 0 Å². The zero-order chi connectivity index (χ0) is 25.3. The summed E-state index contributed by atoms with van der Waals surface area (Å²) in [6.45, 7) is 7.43. The van der Waals surface area contributed by atoms with E-state index in [9.17, 15) is 9.59 Å². The van der Waals surface area contributed by atoms with Crippen molar-refractivity contribution in [3.8, 4) is 22.6 Å². The van der Waals surface area contributed by atoms with Crippen LogP contribution in [0.2, 0.25) is 0 Å². The molecule has 0 heterocycles. The van der Waals surface area contributed by atoms with E-state index in [1.165, 1.54) is 0 Å². The number of hydrogen-bond donors (Lipinski definition) is 0. The highest BCUT2D eigenvalue weighted by Gasteiger charge is 2.21. The number of ether oxygens (including phenoxy) is 2. The van der Waals surface area contributed by atoms with E-state index in [1.54, 1.807) is 12.2 Å². The van der Waals surface area contributed by atoms with Crippen LogP contribution in [0.25, 0.3) is 32.7 Å². The number of unbranched alkanes of at least 4 members (excludes halogenated alkanes) is 2. The van der Waals surface area contributed by atoms with Crippen molar-refractivity contribution in [2.45, 2.75) is 38.5 Å². The minimum Gasteiger partial charge on any atom is -0.426 e. The zero-order valence-electron chi connectivity index (χ0n) is 20.4. The summed E-state index contributed by atoms with van der Waals surface area (Å²) in [5.74, 6) is 0.267. The third kappa shape index (κ3) is 5.72. The second-order valence-corrected chi connectivity index (χ2v) is 8.63. The van der Waals surface area contributed by atoms with E-state index < -0.39 is 0 Å². The predicted octanol–water partition coefficient (Wildman–Crippen LogP) is 8.18. The number of carbonyl (C=O) groups is 2. The van der Waals surface area contributed by atoms with E-state index in [4.69, 9.17) is 9.47 Å². The van der Waals surface area contributed by atoms with Gasteiger partial charge in [0, 0.05) is 24.0 Å². The van der Waals surface area contributed by atoms with Crippen LogP contribution in [0, 0.1) is 0 Å². The fourth-order valence-corrected chi connectivity index (χ4v) is 4.32.